The van der Waals surface area contributed by atoms with Crippen LogP contribution in [0, 0.1) is 11.8 Å². The second-order valence-corrected chi connectivity index (χ2v) is 7.39. The minimum absolute atomic E-state index is 0.579. The summed E-state index contributed by atoms with van der Waals surface area (Å²) in [4.78, 5) is 4.61. The van der Waals surface area contributed by atoms with Gasteiger partial charge in [-0.1, -0.05) is 38.8 Å². The van der Waals surface area contributed by atoms with E-state index in [1.54, 1.807) is 0 Å². The number of aromatic nitrogens is 1. The summed E-state index contributed by atoms with van der Waals surface area (Å²) in [5.41, 5.74) is 2.26. The molecule has 1 fully saturated rings. The highest BCUT2D eigenvalue weighted by Crippen LogP contribution is 2.34. The summed E-state index contributed by atoms with van der Waals surface area (Å²) in [6, 6.07) is 9.11. The van der Waals surface area contributed by atoms with Gasteiger partial charge in [-0.05, 0) is 52.7 Å². The third-order valence-electron chi connectivity index (χ3n) is 4.69. The second kappa shape index (κ2) is 6.35. The average molecular weight is 347 g/mol. The zero-order valence-corrected chi connectivity index (χ0v) is 14.4. The van der Waals surface area contributed by atoms with Gasteiger partial charge in [-0.2, -0.15) is 0 Å². The Labute approximate surface area is 135 Å². The average Bonchev–Trinajstić information content (AvgIpc) is 2.47. The molecule has 0 spiro atoms. The van der Waals surface area contributed by atoms with Crippen molar-refractivity contribution in [3.8, 4) is 0 Å². The molecule has 1 saturated carbocycles. The van der Waals surface area contributed by atoms with Crippen molar-refractivity contribution in [1.82, 2.24) is 4.98 Å². The lowest BCUT2D eigenvalue weighted by Crippen LogP contribution is -2.35. The van der Waals surface area contributed by atoms with Crippen molar-refractivity contribution in [2.45, 2.75) is 45.6 Å². The van der Waals surface area contributed by atoms with Crippen molar-refractivity contribution in [3.63, 3.8) is 0 Å². The molecule has 21 heavy (non-hydrogen) atoms. The van der Waals surface area contributed by atoms with Gasteiger partial charge in [-0.3, -0.25) is 4.98 Å². The molecule has 0 bridgehead atoms. The minimum Gasteiger partial charge on any atom is -0.380 e. The van der Waals surface area contributed by atoms with Gasteiger partial charge < -0.3 is 5.32 Å². The predicted molar refractivity (Wildman–Crippen MR) is 93.6 cm³/mol. The van der Waals surface area contributed by atoms with Crippen LogP contribution in [0.15, 0.2) is 34.9 Å². The molecule has 2 aromatic rings. The lowest BCUT2D eigenvalue weighted by molar-refractivity contribution is 0.254. The molecule has 3 rings (SSSR count). The topological polar surface area (TPSA) is 24.9 Å². The van der Waals surface area contributed by atoms with Crippen LogP contribution in [0.4, 0.5) is 5.69 Å². The first kappa shape index (κ1) is 14.8. The Morgan fingerprint density at radius 1 is 1.24 bits per heavy atom. The minimum atomic E-state index is 0.579. The van der Waals surface area contributed by atoms with Crippen molar-refractivity contribution in [3.05, 3.63) is 34.9 Å². The van der Waals surface area contributed by atoms with Crippen LogP contribution in [0.5, 0.6) is 0 Å². The largest absolute Gasteiger partial charge is 0.380 e. The van der Waals surface area contributed by atoms with E-state index in [2.05, 4.69) is 64.3 Å². The highest BCUT2D eigenvalue weighted by molar-refractivity contribution is 9.10. The van der Waals surface area contributed by atoms with Crippen LogP contribution in [-0.4, -0.2) is 11.0 Å². The molecule has 0 radical (unpaired) electrons. The Bertz CT molecular complexity index is 624. The van der Waals surface area contributed by atoms with Crippen molar-refractivity contribution in [2.75, 3.05) is 5.32 Å². The molecule has 3 heteroatoms. The SMILES string of the molecule is CC(C)C1CCCCC1Nc1cccc2cc(Br)cnc12. The van der Waals surface area contributed by atoms with Gasteiger partial charge in [0.1, 0.15) is 0 Å². The lowest BCUT2D eigenvalue weighted by atomic mass is 9.77. The predicted octanol–water partition coefficient (Wildman–Crippen LogP) is 5.62. The number of fused-ring (bicyclic) bond motifs is 1. The normalized spacial score (nSPS) is 22.7. The molecule has 2 atom stereocenters. The molecular weight excluding hydrogens is 324 g/mol. The zero-order valence-electron chi connectivity index (χ0n) is 12.8. The number of para-hydroxylation sites is 1. The molecule has 1 aromatic carbocycles. The van der Waals surface area contributed by atoms with Gasteiger partial charge in [0.05, 0.1) is 11.2 Å². The van der Waals surface area contributed by atoms with Gasteiger partial charge in [-0.25, -0.2) is 0 Å². The summed E-state index contributed by atoms with van der Waals surface area (Å²) in [6.45, 7) is 4.70. The van der Waals surface area contributed by atoms with E-state index in [0.717, 1.165) is 21.8 Å². The van der Waals surface area contributed by atoms with E-state index < -0.39 is 0 Å². The standard InChI is InChI=1S/C18H23BrN2/c1-12(2)15-7-3-4-8-16(15)21-17-9-5-6-13-10-14(19)11-20-18(13)17/h5-6,9-12,15-16,21H,3-4,7-8H2,1-2H3. The molecule has 112 valence electrons. The number of rotatable bonds is 3. The third-order valence-corrected chi connectivity index (χ3v) is 5.13. The Hall–Kier alpha value is -1.09. The first-order valence-corrected chi connectivity index (χ1v) is 8.75. The maximum atomic E-state index is 4.61. The van der Waals surface area contributed by atoms with E-state index in [4.69, 9.17) is 0 Å². The molecule has 1 heterocycles. The van der Waals surface area contributed by atoms with Gasteiger partial charge in [0.15, 0.2) is 0 Å². The van der Waals surface area contributed by atoms with Crippen LogP contribution >= 0.6 is 15.9 Å². The van der Waals surface area contributed by atoms with Gasteiger partial charge in [0, 0.05) is 22.1 Å². The molecule has 0 saturated heterocycles. The quantitative estimate of drug-likeness (QED) is 0.779. The number of nitrogens with one attached hydrogen (secondary N) is 1. The number of halogens is 1. The van der Waals surface area contributed by atoms with E-state index in [-0.39, 0.29) is 0 Å². The Morgan fingerprint density at radius 3 is 2.86 bits per heavy atom. The smallest absolute Gasteiger partial charge is 0.0934 e. The van der Waals surface area contributed by atoms with Crippen molar-refractivity contribution >= 4 is 32.5 Å². The van der Waals surface area contributed by atoms with Crippen LogP contribution in [0.2, 0.25) is 0 Å². The summed E-state index contributed by atoms with van der Waals surface area (Å²) in [5.74, 6) is 1.50. The Morgan fingerprint density at radius 2 is 2.05 bits per heavy atom. The monoisotopic (exact) mass is 346 g/mol. The fourth-order valence-electron chi connectivity index (χ4n) is 3.59. The molecule has 0 amide bonds. The maximum Gasteiger partial charge on any atom is 0.0934 e. The molecule has 0 aliphatic heterocycles. The van der Waals surface area contributed by atoms with E-state index in [0.29, 0.717) is 6.04 Å². The molecule has 1 aromatic heterocycles. The van der Waals surface area contributed by atoms with Crippen LogP contribution < -0.4 is 5.32 Å². The molecule has 1 aliphatic rings. The van der Waals surface area contributed by atoms with E-state index in [1.807, 2.05) is 6.20 Å². The number of hydrogen-bond acceptors (Lipinski definition) is 2. The first-order valence-electron chi connectivity index (χ1n) is 7.96. The van der Waals surface area contributed by atoms with Crippen molar-refractivity contribution in [2.24, 2.45) is 11.8 Å². The highest BCUT2D eigenvalue weighted by atomic mass is 79.9. The van der Waals surface area contributed by atoms with Gasteiger partial charge in [0.2, 0.25) is 0 Å². The number of benzene rings is 1. The van der Waals surface area contributed by atoms with Gasteiger partial charge >= 0.3 is 0 Å². The number of anilines is 1. The Balaban J connectivity index is 1.90. The fourth-order valence-corrected chi connectivity index (χ4v) is 3.94. The zero-order chi connectivity index (χ0) is 14.8. The number of pyridine rings is 1. The third kappa shape index (κ3) is 3.23. The molecule has 1 aliphatic carbocycles. The maximum absolute atomic E-state index is 4.61. The summed E-state index contributed by atoms with van der Waals surface area (Å²) in [7, 11) is 0. The van der Waals surface area contributed by atoms with E-state index >= 15 is 0 Å². The van der Waals surface area contributed by atoms with E-state index in [1.165, 1.54) is 36.8 Å². The first-order chi connectivity index (χ1) is 10.1. The summed E-state index contributed by atoms with van der Waals surface area (Å²) in [6.07, 6.45) is 7.22. The van der Waals surface area contributed by atoms with E-state index in [9.17, 15) is 0 Å². The molecular formula is C18H23BrN2. The van der Waals surface area contributed by atoms with Crippen molar-refractivity contribution in [1.29, 1.82) is 0 Å². The number of nitrogens with zero attached hydrogens (tertiary/aromatic N) is 1. The molecule has 1 N–H and O–H groups in total. The molecule has 2 nitrogen and oxygen atoms in total. The fraction of sp³-hybridized carbons (Fsp3) is 0.500. The van der Waals surface area contributed by atoms with Crippen LogP contribution in [-0.2, 0) is 0 Å². The lowest BCUT2D eigenvalue weighted by Gasteiger charge is -2.35. The van der Waals surface area contributed by atoms with Gasteiger partial charge in [0.25, 0.3) is 0 Å². The summed E-state index contributed by atoms with van der Waals surface area (Å²) >= 11 is 3.50. The van der Waals surface area contributed by atoms with Crippen molar-refractivity contribution < 1.29 is 0 Å². The van der Waals surface area contributed by atoms with Gasteiger partial charge in [-0.15, -0.1) is 0 Å². The summed E-state index contributed by atoms with van der Waals surface area (Å²) < 4.78 is 1.03. The number of hydrogen-bond donors (Lipinski definition) is 1. The van der Waals surface area contributed by atoms with Crippen LogP contribution in [0.25, 0.3) is 10.9 Å². The Kier molecular flexibility index (Phi) is 4.48. The van der Waals surface area contributed by atoms with Crippen LogP contribution in [0.3, 0.4) is 0 Å². The summed E-state index contributed by atoms with van der Waals surface area (Å²) in [5, 5.41) is 4.98. The second-order valence-electron chi connectivity index (χ2n) is 6.47. The highest BCUT2D eigenvalue weighted by Gasteiger charge is 2.27. The van der Waals surface area contributed by atoms with Crippen LogP contribution in [0.1, 0.15) is 39.5 Å². The molecule has 2 unspecified atom stereocenters.